The molecule has 0 aromatic heterocycles. The van der Waals surface area contributed by atoms with Crippen LogP contribution in [0.3, 0.4) is 0 Å². The third-order valence-corrected chi connectivity index (χ3v) is 4.11. The van der Waals surface area contributed by atoms with Gasteiger partial charge in [0.05, 0.1) is 0 Å². The van der Waals surface area contributed by atoms with E-state index in [1.54, 1.807) is 0 Å². The minimum absolute atomic E-state index is 0.183. The zero-order valence-corrected chi connectivity index (χ0v) is 12.8. The number of halogens is 2. The normalized spacial score (nSPS) is 14.9. The van der Waals surface area contributed by atoms with E-state index in [1.165, 1.54) is 5.56 Å². The number of alkyl halides is 1. The molecule has 0 N–H and O–H groups in total. The lowest BCUT2D eigenvalue weighted by molar-refractivity contribution is 0.0737. The lowest BCUT2D eigenvalue weighted by Crippen LogP contribution is -2.38. The summed E-state index contributed by atoms with van der Waals surface area (Å²) in [6.45, 7) is 1.73. The smallest absolute Gasteiger partial charge is 0.254 e. The van der Waals surface area contributed by atoms with E-state index in [4.69, 9.17) is 0 Å². The standard InChI is InChI=1S/C13H15Br2NO/c14-6-1-2-7-16-8-5-10-3-4-11(15)9-12(10)13(16)17/h3-4,9H,1-2,5-8H2. The number of amides is 1. The van der Waals surface area contributed by atoms with E-state index >= 15 is 0 Å². The van der Waals surface area contributed by atoms with Gasteiger partial charge in [0.2, 0.25) is 0 Å². The van der Waals surface area contributed by atoms with Crippen LogP contribution in [0.5, 0.6) is 0 Å². The van der Waals surface area contributed by atoms with E-state index in [0.717, 1.165) is 47.7 Å². The second kappa shape index (κ2) is 6.01. The Balaban J connectivity index is 2.09. The monoisotopic (exact) mass is 359 g/mol. The molecule has 1 aromatic carbocycles. The molecule has 1 heterocycles. The SMILES string of the molecule is O=C1c2cc(Br)ccc2CCN1CCCCBr. The summed E-state index contributed by atoms with van der Waals surface area (Å²) in [5, 5.41) is 1.01. The number of fused-ring (bicyclic) bond motifs is 1. The van der Waals surface area contributed by atoms with Gasteiger partial charge in [0.1, 0.15) is 0 Å². The second-order valence-electron chi connectivity index (χ2n) is 4.24. The van der Waals surface area contributed by atoms with Crippen molar-refractivity contribution in [3.63, 3.8) is 0 Å². The summed E-state index contributed by atoms with van der Waals surface area (Å²) in [6.07, 6.45) is 3.16. The predicted octanol–water partition coefficient (Wildman–Crippen LogP) is 3.62. The Hall–Kier alpha value is -0.350. The van der Waals surface area contributed by atoms with Gasteiger partial charge in [0, 0.05) is 28.5 Å². The summed E-state index contributed by atoms with van der Waals surface area (Å²) in [4.78, 5) is 14.2. The molecule has 1 aliphatic heterocycles. The summed E-state index contributed by atoms with van der Waals surface area (Å²) in [5.41, 5.74) is 2.04. The highest BCUT2D eigenvalue weighted by Crippen LogP contribution is 2.23. The van der Waals surface area contributed by atoms with Crippen molar-refractivity contribution in [2.45, 2.75) is 19.3 Å². The van der Waals surface area contributed by atoms with Crippen LogP contribution < -0.4 is 0 Å². The van der Waals surface area contributed by atoms with Crippen molar-refractivity contribution in [1.82, 2.24) is 4.90 Å². The van der Waals surface area contributed by atoms with E-state index in [2.05, 4.69) is 31.9 Å². The summed E-state index contributed by atoms with van der Waals surface area (Å²) < 4.78 is 0.979. The molecule has 0 saturated carbocycles. The van der Waals surface area contributed by atoms with Gasteiger partial charge in [-0.1, -0.05) is 37.9 Å². The lowest BCUT2D eigenvalue weighted by atomic mass is 9.99. The summed E-state index contributed by atoms with van der Waals surface area (Å²) in [6, 6.07) is 5.99. The summed E-state index contributed by atoms with van der Waals surface area (Å²) in [7, 11) is 0. The highest BCUT2D eigenvalue weighted by Gasteiger charge is 2.23. The number of nitrogens with zero attached hydrogens (tertiary/aromatic N) is 1. The molecular formula is C13H15Br2NO. The van der Waals surface area contributed by atoms with Gasteiger partial charge < -0.3 is 4.90 Å². The molecule has 0 spiro atoms. The first-order valence-electron chi connectivity index (χ1n) is 5.86. The molecule has 0 unspecified atom stereocenters. The van der Waals surface area contributed by atoms with Gasteiger partial charge in [-0.05, 0) is 37.0 Å². The van der Waals surface area contributed by atoms with Crippen molar-refractivity contribution < 1.29 is 4.79 Å². The number of rotatable bonds is 4. The highest BCUT2D eigenvalue weighted by atomic mass is 79.9. The van der Waals surface area contributed by atoms with Gasteiger partial charge in [0.15, 0.2) is 0 Å². The summed E-state index contributed by atoms with van der Waals surface area (Å²) in [5.74, 6) is 0.183. The zero-order chi connectivity index (χ0) is 12.3. The van der Waals surface area contributed by atoms with E-state index < -0.39 is 0 Å². The molecular weight excluding hydrogens is 346 g/mol. The van der Waals surface area contributed by atoms with Crippen LogP contribution in [-0.4, -0.2) is 29.2 Å². The molecule has 2 nitrogen and oxygen atoms in total. The van der Waals surface area contributed by atoms with Crippen LogP contribution >= 0.6 is 31.9 Å². The fourth-order valence-corrected chi connectivity index (χ4v) is 2.86. The first kappa shape index (κ1) is 13.1. The molecule has 0 aliphatic carbocycles. The van der Waals surface area contributed by atoms with Crippen molar-refractivity contribution in [2.24, 2.45) is 0 Å². The Kier molecular flexibility index (Phi) is 4.62. The maximum Gasteiger partial charge on any atom is 0.254 e. The van der Waals surface area contributed by atoms with E-state index in [9.17, 15) is 4.79 Å². The molecule has 2 rings (SSSR count). The molecule has 92 valence electrons. The average molecular weight is 361 g/mol. The quantitative estimate of drug-likeness (QED) is 0.593. The number of carbonyl (C=O) groups is 1. The number of unbranched alkanes of at least 4 members (excludes halogenated alkanes) is 1. The number of carbonyl (C=O) groups excluding carboxylic acids is 1. The fraction of sp³-hybridized carbons (Fsp3) is 0.462. The Morgan fingerprint density at radius 1 is 1.29 bits per heavy atom. The summed E-state index contributed by atoms with van der Waals surface area (Å²) >= 11 is 6.84. The van der Waals surface area contributed by atoms with Crippen molar-refractivity contribution >= 4 is 37.8 Å². The predicted molar refractivity (Wildman–Crippen MR) is 76.8 cm³/mol. The van der Waals surface area contributed by atoms with Crippen molar-refractivity contribution in [1.29, 1.82) is 0 Å². The zero-order valence-electron chi connectivity index (χ0n) is 9.59. The minimum atomic E-state index is 0.183. The van der Waals surface area contributed by atoms with Gasteiger partial charge in [-0.25, -0.2) is 0 Å². The molecule has 17 heavy (non-hydrogen) atoms. The van der Waals surface area contributed by atoms with Crippen molar-refractivity contribution in [3.05, 3.63) is 33.8 Å². The van der Waals surface area contributed by atoms with E-state index in [0.29, 0.717) is 0 Å². The molecule has 0 saturated heterocycles. The maximum absolute atomic E-state index is 12.3. The van der Waals surface area contributed by atoms with E-state index in [-0.39, 0.29) is 5.91 Å². The fourth-order valence-electron chi connectivity index (χ4n) is 2.10. The molecule has 1 aromatic rings. The lowest BCUT2D eigenvalue weighted by Gasteiger charge is -2.28. The topological polar surface area (TPSA) is 20.3 Å². The van der Waals surface area contributed by atoms with Crippen molar-refractivity contribution in [2.75, 3.05) is 18.4 Å². The van der Waals surface area contributed by atoms with Crippen LogP contribution in [0, 0.1) is 0 Å². The van der Waals surface area contributed by atoms with Gasteiger partial charge in [0.25, 0.3) is 5.91 Å². The van der Waals surface area contributed by atoms with Crippen LogP contribution in [0.25, 0.3) is 0 Å². The maximum atomic E-state index is 12.3. The van der Waals surface area contributed by atoms with Crippen LogP contribution in [0.15, 0.2) is 22.7 Å². The van der Waals surface area contributed by atoms with Crippen LogP contribution in [0.2, 0.25) is 0 Å². The van der Waals surface area contributed by atoms with Gasteiger partial charge in [-0.2, -0.15) is 0 Å². The number of hydrogen-bond acceptors (Lipinski definition) is 1. The Morgan fingerprint density at radius 3 is 2.88 bits per heavy atom. The van der Waals surface area contributed by atoms with Crippen LogP contribution in [0.1, 0.15) is 28.8 Å². The minimum Gasteiger partial charge on any atom is -0.338 e. The number of benzene rings is 1. The highest BCUT2D eigenvalue weighted by molar-refractivity contribution is 9.10. The van der Waals surface area contributed by atoms with Crippen LogP contribution in [0.4, 0.5) is 0 Å². The third kappa shape index (κ3) is 3.10. The molecule has 1 amide bonds. The van der Waals surface area contributed by atoms with Gasteiger partial charge in [-0.15, -0.1) is 0 Å². The Bertz CT molecular complexity index is 420. The Labute approximate surface area is 119 Å². The van der Waals surface area contributed by atoms with Gasteiger partial charge >= 0.3 is 0 Å². The largest absolute Gasteiger partial charge is 0.338 e. The molecule has 0 atom stereocenters. The molecule has 4 heteroatoms. The van der Waals surface area contributed by atoms with E-state index in [1.807, 2.05) is 23.1 Å². The Morgan fingerprint density at radius 2 is 2.12 bits per heavy atom. The number of hydrogen-bond donors (Lipinski definition) is 0. The first-order chi connectivity index (χ1) is 8.22. The first-order valence-corrected chi connectivity index (χ1v) is 7.77. The second-order valence-corrected chi connectivity index (χ2v) is 5.95. The van der Waals surface area contributed by atoms with Gasteiger partial charge in [-0.3, -0.25) is 4.79 Å². The molecule has 0 fully saturated rings. The molecule has 0 radical (unpaired) electrons. The third-order valence-electron chi connectivity index (χ3n) is 3.05. The molecule has 1 aliphatic rings. The average Bonchev–Trinajstić information content (AvgIpc) is 2.33. The molecule has 0 bridgehead atoms. The van der Waals surface area contributed by atoms with Crippen LogP contribution in [-0.2, 0) is 6.42 Å². The van der Waals surface area contributed by atoms with Crippen molar-refractivity contribution in [3.8, 4) is 0 Å².